The van der Waals surface area contributed by atoms with Crippen molar-refractivity contribution in [3.05, 3.63) is 41.5 Å². The van der Waals surface area contributed by atoms with Crippen LogP contribution in [0.3, 0.4) is 0 Å². The molecule has 4 nitrogen and oxygen atoms in total. The van der Waals surface area contributed by atoms with Gasteiger partial charge in [-0.05, 0) is 84.1 Å². The van der Waals surface area contributed by atoms with Crippen molar-refractivity contribution in [2.45, 2.75) is 157 Å². The molecule has 0 saturated heterocycles. The van der Waals surface area contributed by atoms with Gasteiger partial charge in [-0.15, -0.1) is 0 Å². The molecule has 0 aliphatic heterocycles. The minimum atomic E-state index is -2.04. The summed E-state index contributed by atoms with van der Waals surface area (Å²) in [6, 6.07) is 8.18. The van der Waals surface area contributed by atoms with Crippen LogP contribution in [0.1, 0.15) is 115 Å². The number of rotatable bonds is 20. The van der Waals surface area contributed by atoms with Crippen molar-refractivity contribution in [1.82, 2.24) is 0 Å². The van der Waals surface area contributed by atoms with E-state index in [4.69, 9.17) is 18.3 Å². The molecule has 6 heteroatoms. The maximum Gasteiger partial charge on any atom is 0.200 e. The lowest BCUT2D eigenvalue weighted by Gasteiger charge is -2.47. The Morgan fingerprint density at radius 1 is 0.818 bits per heavy atom. The van der Waals surface area contributed by atoms with Crippen LogP contribution in [-0.2, 0) is 20.2 Å². The summed E-state index contributed by atoms with van der Waals surface area (Å²) in [6.45, 7) is 37.4. The van der Waals surface area contributed by atoms with E-state index in [1.54, 1.807) is 7.11 Å². The summed E-state index contributed by atoms with van der Waals surface area (Å²) in [5.74, 6) is 2.21. The lowest BCUT2D eigenvalue weighted by molar-refractivity contribution is 0.00633. The van der Waals surface area contributed by atoms with Crippen LogP contribution < -0.4 is 4.74 Å². The predicted octanol–water partition coefficient (Wildman–Crippen LogP) is 11.8. The van der Waals surface area contributed by atoms with Crippen molar-refractivity contribution in [3.8, 4) is 5.75 Å². The monoisotopic (exact) mass is 648 g/mol. The molecule has 0 saturated carbocycles. The van der Waals surface area contributed by atoms with Gasteiger partial charge in [0.2, 0.25) is 8.32 Å². The minimum absolute atomic E-state index is 0.190. The molecule has 256 valence electrons. The highest BCUT2D eigenvalue weighted by Gasteiger charge is 2.48. The zero-order chi connectivity index (χ0) is 33.9. The van der Waals surface area contributed by atoms with E-state index < -0.39 is 16.6 Å². The normalized spacial score (nSPS) is 16.5. The summed E-state index contributed by atoms with van der Waals surface area (Å²) >= 11 is 0. The molecule has 0 aliphatic carbocycles. The molecule has 0 fully saturated rings. The molecule has 0 unspecified atom stereocenters. The average molecular weight is 649 g/mol. The molecule has 1 aromatic rings. The molecule has 0 aliphatic rings. The number of hydrogen-bond acceptors (Lipinski definition) is 4. The van der Waals surface area contributed by atoms with Crippen molar-refractivity contribution in [1.29, 1.82) is 0 Å². The van der Waals surface area contributed by atoms with Gasteiger partial charge in [-0.1, -0.05) is 113 Å². The van der Waals surface area contributed by atoms with Crippen LogP contribution >= 0.6 is 0 Å². The fourth-order valence-electron chi connectivity index (χ4n) is 6.67. The number of ether oxygens (including phenoxy) is 2. The van der Waals surface area contributed by atoms with Crippen LogP contribution in [0, 0.1) is 17.8 Å². The highest BCUT2D eigenvalue weighted by molar-refractivity contribution is 6.77. The Hall–Kier alpha value is -0.926. The van der Waals surface area contributed by atoms with Gasteiger partial charge in [0.25, 0.3) is 0 Å². The molecule has 4 atom stereocenters. The quantitative estimate of drug-likeness (QED) is 0.104. The first-order valence-electron chi connectivity index (χ1n) is 17.5. The first-order chi connectivity index (χ1) is 20.3. The lowest BCUT2D eigenvalue weighted by atomic mass is 9.88. The van der Waals surface area contributed by atoms with Gasteiger partial charge in [-0.3, -0.25) is 0 Å². The van der Waals surface area contributed by atoms with Gasteiger partial charge >= 0.3 is 0 Å². The zero-order valence-corrected chi connectivity index (χ0v) is 33.8. The van der Waals surface area contributed by atoms with Gasteiger partial charge < -0.3 is 18.3 Å². The Morgan fingerprint density at radius 2 is 1.36 bits per heavy atom. The van der Waals surface area contributed by atoms with Crippen molar-refractivity contribution in [2.75, 3.05) is 20.3 Å². The van der Waals surface area contributed by atoms with Gasteiger partial charge in [-0.25, -0.2) is 0 Å². The van der Waals surface area contributed by atoms with Crippen LogP contribution in [0.4, 0.5) is 0 Å². The maximum absolute atomic E-state index is 7.51. The Kier molecular flexibility index (Phi) is 17.2. The van der Waals surface area contributed by atoms with Gasteiger partial charge in [0, 0.05) is 5.92 Å². The molecule has 0 bridgehead atoms. The second kappa shape index (κ2) is 18.4. The van der Waals surface area contributed by atoms with Crippen LogP contribution in [-0.4, -0.2) is 43.1 Å². The molecule has 0 spiro atoms. The number of allylic oxidation sites excluding steroid dienone is 1. The van der Waals surface area contributed by atoms with Crippen LogP contribution in [0.2, 0.25) is 34.8 Å². The SMILES string of the molecule is COc1ccc(COC[C@@H](C)[C@@H](O[Si](C(C)C)(C(C)C)C(C)C)[C@@H](C)CCC[C@H](C)/C=C(\C)CO[Si](C)(C)C(C)(C)C)cc1. The van der Waals surface area contributed by atoms with E-state index in [0.29, 0.717) is 47.6 Å². The standard InChI is InChI=1S/C38H72O4Si2/c1-28(2)44(29(3)4,30(5)6)42-37(34(10)26-40-27-35-20-22-36(39-14)23-21-35)33(9)19-17-18-31(7)24-32(8)25-41-43(15,16)38(11,12)13/h20-24,28-31,33-34,37H,17-19,25-27H2,1-16H3/b32-24+/t31-,33-,34+,37-/m0/s1. The van der Waals surface area contributed by atoms with E-state index in [9.17, 15) is 0 Å². The molecular weight excluding hydrogens is 577 g/mol. The van der Waals surface area contributed by atoms with E-state index in [1.165, 1.54) is 30.4 Å². The van der Waals surface area contributed by atoms with Crippen molar-refractivity contribution >= 4 is 16.6 Å². The highest BCUT2D eigenvalue weighted by Crippen LogP contribution is 2.45. The van der Waals surface area contributed by atoms with Crippen LogP contribution in [0.15, 0.2) is 35.9 Å². The zero-order valence-electron chi connectivity index (χ0n) is 31.8. The van der Waals surface area contributed by atoms with Gasteiger partial charge in [0.1, 0.15) is 5.75 Å². The van der Waals surface area contributed by atoms with E-state index in [0.717, 1.165) is 12.4 Å². The first-order valence-corrected chi connectivity index (χ1v) is 22.5. The maximum atomic E-state index is 7.51. The summed E-state index contributed by atoms with van der Waals surface area (Å²) in [4.78, 5) is 0. The molecule has 0 amide bonds. The fourth-order valence-corrected chi connectivity index (χ4v) is 13.4. The Morgan fingerprint density at radius 3 is 1.84 bits per heavy atom. The molecule has 0 N–H and O–H groups in total. The van der Waals surface area contributed by atoms with E-state index in [2.05, 4.69) is 121 Å². The third-order valence-corrected chi connectivity index (χ3v) is 20.9. The van der Waals surface area contributed by atoms with Crippen LogP contribution in [0.5, 0.6) is 5.75 Å². The second-order valence-corrected chi connectivity index (χ2v) is 26.4. The number of hydrogen-bond donors (Lipinski definition) is 0. The Balaban J connectivity index is 2.94. The van der Waals surface area contributed by atoms with Crippen molar-refractivity contribution in [2.24, 2.45) is 17.8 Å². The minimum Gasteiger partial charge on any atom is -0.497 e. The molecule has 0 radical (unpaired) electrons. The molecule has 0 aromatic heterocycles. The molecular formula is C38H72O4Si2. The summed E-state index contributed by atoms with van der Waals surface area (Å²) < 4.78 is 25.6. The van der Waals surface area contributed by atoms with E-state index in [-0.39, 0.29) is 11.1 Å². The smallest absolute Gasteiger partial charge is 0.200 e. The van der Waals surface area contributed by atoms with Gasteiger partial charge in [0.15, 0.2) is 8.32 Å². The largest absolute Gasteiger partial charge is 0.497 e. The predicted molar refractivity (Wildman–Crippen MR) is 197 cm³/mol. The van der Waals surface area contributed by atoms with Gasteiger partial charge in [0.05, 0.1) is 33.0 Å². The van der Waals surface area contributed by atoms with Crippen molar-refractivity contribution in [3.63, 3.8) is 0 Å². The third-order valence-electron chi connectivity index (χ3n) is 10.3. The highest BCUT2D eigenvalue weighted by atomic mass is 28.4. The topological polar surface area (TPSA) is 36.9 Å². The molecule has 44 heavy (non-hydrogen) atoms. The molecule has 1 aromatic carbocycles. The molecule has 1 rings (SSSR count). The van der Waals surface area contributed by atoms with E-state index in [1.807, 2.05) is 12.1 Å². The average Bonchev–Trinajstić information content (AvgIpc) is 2.91. The summed E-state index contributed by atoms with van der Waals surface area (Å²) in [5, 5.41) is 0.243. The van der Waals surface area contributed by atoms with Crippen molar-refractivity contribution < 1.29 is 18.3 Å². The fraction of sp³-hybridized carbons (Fsp3) is 0.789. The third kappa shape index (κ3) is 12.4. The van der Waals surface area contributed by atoms with Crippen LogP contribution in [0.25, 0.3) is 0 Å². The number of methoxy groups -OCH3 is 1. The Bertz CT molecular complexity index is 940. The lowest BCUT2D eigenvalue weighted by Crippen LogP contribution is -2.53. The first kappa shape index (κ1) is 41.1. The summed E-state index contributed by atoms with van der Waals surface area (Å²) in [6.07, 6.45) is 6.20. The van der Waals surface area contributed by atoms with E-state index >= 15 is 0 Å². The molecule has 0 heterocycles. The number of benzene rings is 1. The Labute approximate surface area is 276 Å². The summed E-state index contributed by atoms with van der Waals surface area (Å²) in [7, 11) is -2.07. The summed E-state index contributed by atoms with van der Waals surface area (Å²) in [5.41, 5.74) is 4.22. The van der Waals surface area contributed by atoms with Gasteiger partial charge in [-0.2, -0.15) is 0 Å². The second-order valence-electron chi connectivity index (χ2n) is 16.2.